The molecule has 3 N–H and O–H groups in total. The van der Waals surface area contributed by atoms with Gasteiger partial charge in [-0.15, -0.1) is 0 Å². The van der Waals surface area contributed by atoms with Gasteiger partial charge in [0.2, 0.25) is 0 Å². The standard InChI is InChI=1S/C18H36N2O2S/c1-2-3-4-5-6-7-8-9-10-11-12-13-14-15-16-17-18-20-23(19,21)22/h6-7,9-10,20H,2-5,8,11-18H2,1H3,(H2,19,21,22)/b7-6-,10-9-. The Balaban J connectivity index is 3.22. The summed E-state index contributed by atoms with van der Waals surface area (Å²) in [6.45, 7) is 2.69. The van der Waals surface area contributed by atoms with E-state index in [9.17, 15) is 8.42 Å². The second-order valence-corrected chi connectivity index (χ2v) is 7.40. The lowest BCUT2D eigenvalue weighted by Crippen LogP contribution is -2.31. The summed E-state index contributed by atoms with van der Waals surface area (Å²) in [5, 5.41) is 4.85. The number of nitrogens with two attached hydrogens (primary N) is 1. The third-order valence-corrected chi connectivity index (χ3v) is 4.29. The minimum atomic E-state index is -3.51. The normalized spacial score (nSPS) is 12.6. The predicted octanol–water partition coefficient (Wildman–Crippen LogP) is 4.59. The van der Waals surface area contributed by atoms with Crippen LogP contribution < -0.4 is 9.86 Å². The third-order valence-electron chi connectivity index (χ3n) is 3.68. The van der Waals surface area contributed by atoms with E-state index in [0.29, 0.717) is 6.54 Å². The molecule has 0 bridgehead atoms. The molecule has 4 nitrogen and oxygen atoms in total. The van der Waals surface area contributed by atoms with Crippen molar-refractivity contribution in [3.8, 4) is 0 Å². The molecular formula is C18H36N2O2S. The van der Waals surface area contributed by atoms with Crippen LogP contribution in [0.1, 0.15) is 84.0 Å². The van der Waals surface area contributed by atoms with Crippen molar-refractivity contribution in [1.82, 2.24) is 4.72 Å². The van der Waals surface area contributed by atoms with Crippen molar-refractivity contribution in [2.45, 2.75) is 84.0 Å². The van der Waals surface area contributed by atoms with Crippen LogP contribution in [-0.4, -0.2) is 15.0 Å². The van der Waals surface area contributed by atoms with Gasteiger partial charge >= 0.3 is 0 Å². The molecule has 0 aliphatic carbocycles. The highest BCUT2D eigenvalue weighted by molar-refractivity contribution is 7.87. The molecule has 5 heteroatoms. The van der Waals surface area contributed by atoms with Crippen molar-refractivity contribution in [3.63, 3.8) is 0 Å². The van der Waals surface area contributed by atoms with Gasteiger partial charge in [0.1, 0.15) is 0 Å². The van der Waals surface area contributed by atoms with Crippen molar-refractivity contribution in [2.75, 3.05) is 6.54 Å². The van der Waals surface area contributed by atoms with Crippen LogP contribution in [0.25, 0.3) is 0 Å². The lowest BCUT2D eigenvalue weighted by Gasteiger charge is -2.02. The van der Waals surface area contributed by atoms with Crippen molar-refractivity contribution >= 4 is 10.2 Å². The van der Waals surface area contributed by atoms with Gasteiger partial charge < -0.3 is 0 Å². The minimum absolute atomic E-state index is 0.452. The average molecular weight is 345 g/mol. The fourth-order valence-corrected chi connectivity index (χ4v) is 2.76. The smallest absolute Gasteiger partial charge is 0.216 e. The summed E-state index contributed by atoms with van der Waals surface area (Å²) in [6.07, 6.45) is 23.3. The topological polar surface area (TPSA) is 72.2 Å². The van der Waals surface area contributed by atoms with Crippen LogP contribution in [0, 0.1) is 0 Å². The molecule has 0 radical (unpaired) electrons. The molecule has 0 unspecified atom stereocenters. The van der Waals surface area contributed by atoms with E-state index in [1.807, 2.05) is 0 Å². The van der Waals surface area contributed by atoms with Crippen molar-refractivity contribution < 1.29 is 8.42 Å². The van der Waals surface area contributed by atoms with E-state index in [-0.39, 0.29) is 0 Å². The molecule has 0 aromatic rings. The maximum absolute atomic E-state index is 10.6. The number of hydrogen-bond donors (Lipinski definition) is 2. The van der Waals surface area contributed by atoms with Gasteiger partial charge in [0, 0.05) is 6.54 Å². The van der Waals surface area contributed by atoms with Crippen LogP contribution in [0.2, 0.25) is 0 Å². The van der Waals surface area contributed by atoms with E-state index in [0.717, 1.165) is 32.1 Å². The summed E-state index contributed by atoms with van der Waals surface area (Å²) in [5.74, 6) is 0. The molecule has 0 aromatic heterocycles. The largest absolute Gasteiger partial charge is 0.274 e. The van der Waals surface area contributed by atoms with E-state index in [2.05, 4.69) is 35.9 Å². The molecule has 0 spiro atoms. The van der Waals surface area contributed by atoms with Crippen molar-refractivity contribution in [3.05, 3.63) is 24.3 Å². The van der Waals surface area contributed by atoms with Crippen molar-refractivity contribution in [1.29, 1.82) is 0 Å². The summed E-state index contributed by atoms with van der Waals surface area (Å²) in [6, 6.07) is 0. The van der Waals surface area contributed by atoms with Crippen LogP contribution in [0.5, 0.6) is 0 Å². The maximum atomic E-state index is 10.6. The fourth-order valence-electron chi connectivity index (χ4n) is 2.33. The van der Waals surface area contributed by atoms with E-state index < -0.39 is 10.2 Å². The first-order valence-electron chi connectivity index (χ1n) is 9.13. The molecule has 23 heavy (non-hydrogen) atoms. The molecular weight excluding hydrogens is 308 g/mol. The Morgan fingerprint density at radius 1 is 0.783 bits per heavy atom. The molecule has 0 amide bonds. The molecule has 0 saturated carbocycles. The summed E-state index contributed by atoms with van der Waals surface area (Å²) in [5.41, 5.74) is 0. The van der Waals surface area contributed by atoms with Gasteiger partial charge in [-0.25, -0.2) is 9.86 Å². The van der Waals surface area contributed by atoms with Gasteiger partial charge in [-0.2, -0.15) is 8.42 Å². The number of allylic oxidation sites excluding steroid dienone is 4. The Morgan fingerprint density at radius 3 is 1.87 bits per heavy atom. The molecule has 0 saturated heterocycles. The zero-order chi connectivity index (χ0) is 17.2. The van der Waals surface area contributed by atoms with Crippen molar-refractivity contribution in [2.24, 2.45) is 5.14 Å². The van der Waals surface area contributed by atoms with Gasteiger partial charge in [0.05, 0.1) is 0 Å². The Labute approximate surface area is 143 Å². The maximum Gasteiger partial charge on any atom is 0.274 e. The first kappa shape index (κ1) is 22.4. The van der Waals surface area contributed by atoms with E-state index >= 15 is 0 Å². The molecule has 0 fully saturated rings. The highest BCUT2D eigenvalue weighted by Crippen LogP contribution is 2.07. The summed E-state index contributed by atoms with van der Waals surface area (Å²) < 4.78 is 23.6. The number of rotatable bonds is 16. The Bertz CT molecular complexity index is 403. The quantitative estimate of drug-likeness (QED) is 0.317. The fraction of sp³-hybridized carbons (Fsp3) is 0.778. The molecule has 0 aliphatic heterocycles. The zero-order valence-corrected chi connectivity index (χ0v) is 15.6. The van der Waals surface area contributed by atoms with Gasteiger partial charge in [0.25, 0.3) is 10.2 Å². The van der Waals surface area contributed by atoms with Gasteiger partial charge in [0.15, 0.2) is 0 Å². The van der Waals surface area contributed by atoms with E-state index in [1.165, 1.54) is 44.9 Å². The molecule has 0 aliphatic rings. The second-order valence-electron chi connectivity index (χ2n) is 6.02. The van der Waals surface area contributed by atoms with Crippen LogP contribution in [0.3, 0.4) is 0 Å². The molecule has 0 aromatic carbocycles. The molecule has 0 heterocycles. The Morgan fingerprint density at radius 2 is 1.30 bits per heavy atom. The van der Waals surface area contributed by atoms with Crippen LogP contribution in [0.15, 0.2) is 24.3 Å². The highest BCUT2D eigenvalue weighted by atomic mass is 32.2. The third kappa shape index (κ3) is 21.4. The Hall–Kier alpha value is -0.650. The zero-order valence-electron chi connectivity index (χ0n) is 14.8. The van der Waals surface area contributed by atoms with E-state index in [4.69, 9.17) is 5.14 Å². The number of hydrogen-bond acceptors (Lipinski definition) is 2. The van der Waals surface area contributed by atoms with Crippen LogP contribution in [-0.2, 0) is 10.2 Å². The van der Waals surface area contributed by atoms with Crippen LogP contribution >= 0.6 is 0 Å². The highest BCUT2D eigenvalue weighted by Gasteiger charge is 1.98. The van der Waals surface area contributed by atoms with Gasteiger partial charge in [-0.05, 0) is 38.5 Å². The molecule has 0 atom stereocenters. The number of unbranched alkanes of at least 4 members (excludes halogenated alkanes) is 9. The Kier molecular flexibility index (Phi) is 15.8. The summed E-state index contributed by atoms with van der Waals surface area (Å²) in [4.78, 5) is 0. The molecule has 136 valence electrons. The second kappa shape index (κ2) is 16.2. The SMILES string of the molecule is CCCCC/C=C\C/C=C\CCCCCCCCNS(N)(=O)=O. The molecule has 0 rings (SSSR count). The summed E-state index contributed by atoms with van der Waals surface area (Å²) in [7, 11) is -3.51. The minimum Gasteiger partial charge on any atom is -0.216 e. The lowest BCUT2D eigenvalue weighted by molar-refractivity contribution is 0.566. The first-order chi connectivity index (χ1) is 11.1. The van der Waals surface area contributed by atoms with Gasteiger partial charge in [-0.3, -0.25) is 0 Å². The monoisotopic (exact) mass is 344 g/mol. The van der Waals surface area contributed by atoms with E-state index in [1.54, 1.807) is 0 Å². The number of nitrogens with one attached hydrogen (secondary N) is 1. The van der Waals surface area contributed by atoms with Crippen LogP contribution in [0.4, 0.5) is 0 Å². The lowest BCUT2D eigenvalue weighted by atomic mass is 10.1. The first-order valence-corrected chi connectivity index (χ1v) is 10.7. The summed E-state index contributed by atoms with van der Waals surface area (Å²) >= 11 is 0. The predicted molar refractivity (Wildman–Crippen MR) is 100 cm³/mol. The van der Waals surface area contributed by atoms with Gasteiger partial charge in [-0.1, -0.05) is 69.8 Å². The average Bonchev–Trinajstić information content (AvgIpc) is 2.49.